The van der Waals surface area contributed by atoms with E-state index >= 15 is 0 Å². The second-order valence-electron chi connectivity index (χ2n) is 17.4. The van der Waals surface area contributed by atoms with E-state index in [0.717, 1.165) is 55.3 Å². The van der Waals surface area contributed by atoms with E-state index in [4.69, 9.17) is 13.9 Å². The maximum Gasteiger partial charge on any atom is 0.419 e. The van der Waals surface area contributed by atoms with Crippen molar-refractivity contribution in [2.75, 3.05) is 70.8 Å². The van der Waals surface area contributed by atoms with Gasteiger partial charge in [0.15, 0.2) is 11.7 Å². The number of likely N-dealkylation sites (tertiary alicyclic amines) is 4. The van der Waals surface area contributed by atoms with Gasteiger partial charge in [-0.2, -0.15) is 0 Å². The molecule has 2 aromatic carbocycles. The van der Waals surface area contributed by atoms with Gasteiger partial charge in [0, 0.05) is 84.0 Å². The summed E-state index contributed by atoms with van der Waals surface area (Å²) in [5.41, 5.74) is 4.47. The quantitative estimate of drug-likeness (QED) is 0.246. The summed E-state index contributed by atoms with van der Waals surface area (Å²) in [7, 11) is 1.64. The topological polar surface area (TPSA) is 184 Å². The van der Waals surface area contributed by atoms with Crippen LogP contribution in [0.2, 0.25) is 0 Å². The highest BCUT2D eigenvalue weighted by atomic mass is 16.6. The van der Waals surface area contributed by atoms with Crippen LogP contribution >= 0.6 is 0 Å². The largest absolute Gasteiger partial charge is 0.457 e. The van der Waals surface area contributed by atoms with Gasteiger partial charge < -0.3 is 43.7 Å². The number of aryl methyl sites for hydroxylation is 2. The molecule has 17 nitrogen and oxygen atoms in total. The molecule has 0 unspecified atom stereocenters. The van der Waals surface area contributed by atoms with Gasteiger partial charge in [-0.1, -0.05) is 24.3 Å². The first-order valence-corrected chi connectivity index (χ1v) is 22.2. The van der Waals surface area contributed by atoms with Gasteiger partial charge in [-0.05, 0) is 98.9 Å². The van der Waals surface area contributed by atoms with E-state index in [1.165, 1.54) is 4.57 Å². The summed E-state index contributed by atoms with van der Waals surface area (Å²) >= 11 is 0. The summed E-state index contributed by atoms with van der Waals surface area (Å²) in [6, 6.07) is 11.2. The van der Waals surface area contributed by atoms with Crippen LogP contribution in [-0.2, 0) is 48.5 Å². The summed E-state index contributed by atoms with van der Waals surface area (Å²) < 4.78 is 18.3. The molecule has 62 heavy (non-hydrogen) atoms. The number of hydrogen-bond donors (Lipinski definition) is 1. The summed E-state index contributed by atoms with van der Waals surface area (Å²) in [5, 5.41) is 3.04. The molecular weight excluding hydrogens is 799 g/mol. The summed E-state index contributed by atoms with van der Waals surface area (Å²) in [5.74, 6) is -1.62. The lowest BCUT2D eigenvalue weighted by Crippen LogP contribution is -2.52. The second kappa shape index (κ2) is 18.6. The number of ether oxygens (including phenoxy) is 2. The number of hydrogen-bond acceptors (Lipinski definition) is 10. The standard InChI is InChI=1S/C45H57N7O10/c1-29-26-30(27-36-39(29)47(2)44(58)61-36)28-37(62-45(59)51-21-14-34(15-22-51)52-23-13-33-6-3-4-7-35(33)46-43(52)57)40(54)49-17-9-31(10-18-49)32-11-19-50(20-12-32)41(55)42(56)60-25-24-48-16-5-8-38(48)53/h3-4,6-7,26-27,31-32,34,37H,5,8-25,28H2,1-2H3,(H,46,57)/t37-/m1/s1. The molecule has 0 radical (unpaired) electrons. The Kier molecular flexibility index (Phi) is 12.9. The van der Waals surface area contributed by atoms with Crippen molar-refractivity contribution in [2.24, 2.45) is 18.9 Å². The van der Waals surface area contributed by atoms with Crippen LogP contribution in [0.1, 0.15) is 68.1 Å². The molecule has 6 amide bonds. The summed E-state index contributed by atoms with van der Waals surface area (Å²) in [4.78, 5) is 99.4. The van der Waals surface area contributed by atoms with Crippen molar-refractivity contribution in [3.8, 4) is 0 Å². The fourth-order valence-corrected chi connectivity index (χ4v) is 10.1. The number of nitrogens with one attached hydrogen (secondary N) is 1. The maximum atomic E-state index is 14.4. The number of piperidine rings is 3. The number of para-hydroxylation sites is 1. The third kappa shape index (κ3) is 9.31. The van der Waals surface area contributed by atoms with Crippen LogP contribution < -0.4 is 11.1 Å². The SMILES string of the molecule is Cc1cc(C[C@@H](OC(=O)N2CCC(N3CCc4ccccc4NC3=O)CC2)C(=O)N2CCC(C3CCN(C(=O)C(=O)OCCN4CCCC4=O)CC3)CC2)cc2oc(=O)n(C)c12. The van der Waals surface area contributed by atoms with Crippen LogP contribution in [0.25, 0.3) is 11.1 Å². The van der Waals surface area contributed by atoms with E-state index in [2.05, 4.69) is 5.32 Å². The van der Waals surface area contributed by atoms with E-state index in [1.54, 1.807) is 32.7 Å². The normalized spacial score (nSPS) is 19.9. The van der Waals surface area contributed by atoms with Crippen molar-refractivity contribution >= 4 is 52.6 Å². The van der Waals surface area contributed by atoms with Crippen molar-refractivity contribution in [1.29, 1.82) is 0 Å². The van der Waals surface area contributed by atoms with Gasteiger partial charge >= 0.3 is 29.8 Å². The Bertz CT molecular complexity index is 2250. The number of benzene rings is 2. The first kappa shape index (κ1) is 42.8. The molecule has 4 fully saturated rings. The molecule has 332 valence electrons. The van der Waals surface area contributed by atoms with Gasteiger partial charge in [0.05, 0.1) is 12.1 Å². The lowest BCUT2D eigenvalue weighted by molar-refractivity contribution is -0.161. The minimum Gasteiger partial charge on any atom is -0.457 e. The van der Waals surface area contributed by atoms with Crippen LogP contribution in [0.3, 0.4) is 0 Å². The smallest absolute Gasteiger partial charge is 0.419 e. The number of amides is 6. The van der Waals surface area contributed by atoms with Crippen LogP contribution in [0, 0.1) is 18.8 Å². The van der Waals surface area contributed by atoms with Gasteiger partial charge in [0.25, 0.3) is 5.91 Å². The van der Waals surface area contributed by atoms with Crippen molar-refractivity contribution < 1.29 is 42.7 Å². The third-order valence-electron chi connectivity index (χ3n) is 13.7. The van der Waals surface area contributed by atoms with E-state index in [0.29, 0.717) is 107 Å². The van der Waals surface area contributed by atoms with E-state index in [-0.39, 0.29) is 36.9 Å². The minimum absolute atomic E-state index is 0.000772. The average Bonchev–Trinajstić information content (AvgIpc) is 3.76. The Hall–Kier alpha value is -5.87. The maximum absolute atomic E-state index is 14.4. The van der Waals surface area contributed by atoms with Crippen molar-refractivity contribution in [1.82, 2.24) is 29.1 Å². The van der Waals surface area contributed by atoms with Gasteiger partial charge in [-0.3, -0.25) is 19.0 Å². The van der Waals surface area contributed by atoms with Crippen LogP contribution in [0.15, 0.2) is 45.6 Å². The molecule has 1 atom stereocenters. The molecule has 0 bridgehead atoms. The lowest BCUT2D eigenvalue weighted by Gasteiger charge is -2.41. The van der Waals surface area contributed by atoms with E-state index < -0.39 is 29.8 Å². The Morgan fingerprint density at radius 2 is 1.50 bits per heavy atom. The van der Waals surface area contributed by atoms with Crippen LogP contribution in [0.4, 0.5) is 15.3 Å². The monoisotopic (exact) mass is 855 g/mol. The molecule has 8 rings (SSSR count). The van der Waals surface area contributed by atoms with Crippen LogP contribution in [0.5, 0.6) is 0 Å². The first-order chi connectivity index (χ1) is 29.9. The molecule has 4 saturated heterocycles. The molecule has 0 spiro atoms. The molecular formula is C45H57N7O10. The molecule has 3 aromatic rings. The first-order valence-electron chi connectivity index (χ1n) is 22.2. The Morgan fingerprint density at radius 1 is 0.823 bits per heavy atom. The number of rotatable bonds is 9. The Balaban J connectivity index is 0.860. The zero-order valence-corrected chi connectivity index (χ0v) is 35.7. The fourth-order valence-electron chi connectivity index (χ4n) is 10.1. The number of anilines is 1. The number of aromatic nitrogens is 1. The summed E-state index contributed by atoms with van der Waals surface area (Å²) in [6.07, 6.45) is 4.56. The number of urea groups is 1. The molecule has 6 heterocycles. The highest BCUT2D eigenvalue weighted by Gasteiger charge is 2.38. The van der Waals surface area contributed by atoms with Gasteiger partial charge in [0.2, 0.25) is 5.91 Å². The zero-order chi connectivity index (χ0) is 43.5. The van der Waals surface area contributed by atoms with Crippen LogP contribution in [-0.4, -0.2) is 143 Å². The van der Waals surface area contributed by atoms with Crippen molar-refractivity contribution in [3.63, 3.8) is 0 Å². The molecule has 0 saturated carbocycles. The molecule has 0 aliphatic carbocycles. The number of carbonyl (C=O) groups excluding carboxylic acids is 6. The number of nitrogens with zero attached hydrogens (tertiary/aromatic N) is 6. The Labute approximate surface area is 360 Å². The second-order valence-corrected chi connectivity index (χ2v) is 17.4. The zero-order valence-electron chi connectivity index (χ0n) is 35.7. The molecule has 1 N–H and O–H groups in total. The van der Waals surface area contributed by atoms with E-state index in [1.807, 2.05) is 42.2 Å². The van der Waals surface area contributed by atoms with Crippen molar-refractivity contribution in [2.45, 2.75) is 83.3 Å². The minimum atomic E-state index is -1.12. The number of carbonyl (C=O) groups is 6. The lowest BCUT2D eigenvalue weighted by atomic mass is 9.78. The van der Waals surface area contributed by atoms with Gasteiger partial charge in [-0.15, -0.1) is 0 Å². The average molecular weight is 856 g/mol. The highest BCUT2D eigenvalue weighted by molar-refractivity contribution is 6.32. The van der Waals surface area contributed by atoms with Crippen molar-refractivity contribution in [3.05, 3.63) is 63.6 Å². The van der Waals surface area contributed by atoms with Gasteiger partial charge in [-0.25, -0.2) is 19.2 Å². The number of oxazole rings is 1. The van der Waals surface area contributed by atoms with Gasteiger partial charge in [0.1, 0.15) is 6.61 Å². The fraction of sp³-hybridized carbons (Fsp3) is 0.578. The third-order valence-corrected chi connectivity index (χ3v) is 13.7. The predicted molar refractivity (Wildman–Crippen MR) is 226 cm³/mol. The molecule has 5 aliphatic rings. The molecule has 1 aromatic heterocycles. The summed E-state index contributed by atoms with van der Waals surface area (Å²) in [6.45, 7) is 6.00. The molecule has 17 heteroatoms. The number of esters is 1. The number of fused-ring (bicyclic) bond motifs is 2. The predicted octanol–water partition coefficient (Wildman–Crippen LogP) is 3.69. The highest BCUT2D eigenvalue weighted by Crippen LogP contribution is 2.34. The molecule has 5 aliphatic heterocycles. The van der Waals surface area contributed by atoms with E-state index in [9.17, 15) is 33.6 Å². The Morgan fingerprint density at radius 3 is 2.19 bits per heavy atom.